The Morgan fingerprint density at radius 3 is 2.53 bits per heavy atom. The Kier molecular flexibility index (Phi) is 8.11. The normalized spacial score (nSPS) is 17.2. The van der Waals surface area contributed by atoms with Crippen LogP contribution >= 0.6 is 0 Å². The molecule has 7 rings (SSSR count). The van der Waals surface area contributed by atoms with Crippen molar-refractivity contribution in [1.82, 2.24) is 24.6 Å². The predicted molar refractivity (Wildman–Crippen MR) is 176 cm³/mol. The maximum Gasteiger partial charge on any atom is 0.416 e. The third-order valence-corrected chi connectivity index (χ3v) is 9.97. The van der Waals surface area contributed by atoms with Crippen molar-refractivity contribution in [2.45, 2.75) is 64.3 Å². The predicted octanol–water partition coefficient (Wildman–Crippen LogP) is 6.69. The van der Waals surface area contributed by atoms with Gasteiger partial charge in [0.1, 0.15) is 18.0 Å². The number of nitrogens with zero attached hydrogens (tertiary/aromatic N) is 8. The molecule has 1 spiro atoms. The number of pyridine rings is 1. The van der Waals surface area contributed by atoms with Gasteiger partial charge < -0.3 is 9.88 Å². The topological polar surface area (TPSA) is 127 Å². The molecule has 0 bridgehead atoms. The number of anilines is 2. The quantitative estimate of drug-likeness (QED) is 0.210. The number of benzene rings is 2. The maximum absolute atomic E-state index is 14.6. The van der Waals surface area contributed by atoms with Crippen LogP contribution in [0.1, 0.15) is 71.6 Å². The molecular formula is C36H34F3N9O. The molecule has 250 valence electrons. The molecule has 0 radical (unpaired) electrons. The number of rotatable bonds is 9. The van der Waals surface area contributed by atoms with Gasteiger partial charge in [-0.05, 0) is 102 Å². The second-order valence-corrected chi connectivity index (χ2v) is 13.4. The number of aromatic nitrogens is 4. The Morgan fingerprint density at radius 2 is 1.88 bits per heavy atom. The first kappa shape index (κ1) is 32.3. The lowest BCUT2D eigenvalue weighted by Crippen LogP contribution is -2.25. The van der Waals surface area contributed by atoms with Gasteiger partial charge >= 0.3 is 6.18 Å². The van der Waals surface area contributed by atoms with Gasteiger partial charge in [0, 0.05) is 37.3 Å². The number of carbonyl (C=O) groups excluding carboxylic acids is 1. The number of carbonyl (C=O) groups is 1. The Morgan fingerprint density at radius 1 is 1.06 bits per heavy atom. The maximum atomic E-state index is 14.6. The van der Waals surface area contributed by atoms with E-state index < -0.39 is 17.6 Å². The van der Waals surface area contributed by atoms with Gasteiger partial charge in [0.25, 0.3) is 5.91 Å². The third-order valence-electron chi connectivity index (χ3n) is 9.97. The molecule has 1 saturated carbocycles. The second-order valence-electron chi connectivity index (χ2n) is 13.4. The van der Waals surface area contributed by atoms with E-state index in [0.717, 1.165) is 32.4 Å². The van der Waals surface area contributed by atoms with Crippen molar-refractivity contribution in [3.63, 3.8) is 0 Å². The van der Waals surface area contributed by atoms with Gasteiger partial charge in [-0.1, -0.05) is 6.92 Å². The van der Waals surface area contributed by atoms with Crippen LogP contribution in [0.4, 0.5) is 24.8 Å². The van der Waals surface area contributed by atoms with Crippen molar-refractivity contribution >= 4 is 17.5 Å². The number of alkyl halides is 3. The van der Waals surface area contributed by atoms with E-state index in [9.17, 15) is 28.5 Å². The van der Waals surface area contributed by atoms with E-state index in [2.05, 4.69) is 32.6 Å². The van der Waals surface area contributed by atoms with Crippen LogP contribution in [0.3, 0.4) is 0 Å². The molecule has 1 atom stereocenters. The fraction of sp³-hybridized carbons (Fsp3) is 0.389. The van der Waals surface area contributed by atoms with Gasteiger partial charge in [0.05, 0.1) is 36.2 Å². The lowest BCUT2D eigenvalue weighted by Gasteiger charge is -2.21. The van der Waals surface area contributed by atoms with Crippen molar-refractivity contribution in [2.24, 2.45) is 12.5 Å². The highest BCUT2D eigenvalue weighted by Gasteiger charge is 2.48. The summed E-state index contributed by atoms with van der Waals surface area (Å²) in [7, 11) is 1.79. The minimum absolute atomic E-state index is 0.0223. The number of aryl methyl sites for hydroxylation is 1. The van der Waals surface area contributed by atoms with E-state index in [1.807, 2.05) is 6.92 Å². The highest BCUT2D eigenvalue weighted by Crippen LogP contribution is 2.53. The monoisotopic (exact) mass is 665 g/mol. The van der Waals surface area contributed by atoms with Gasteiger partial charge in [-0.3, -0.25) is 14.6 Å². The Labute approximate surface area is 281 Å². The van der Waals surface area contributed by atoms with Crippen LogP contribution in [-0.4, -0.2) is 49.7 Å². The van der Waals surface area contributed by atoms with Gasteiger partial charge in [0.2, 0.25) is 0 Å². The number of hydrogen-bond donors (Lipinski definition) is 1. The summed E-state index contributed by atoms with van der Waals surface area (Å²) in [6.45, 7) is 3.66. The van der Waals surface area contributed by atoms with Gasteiger partial charge in [-0.15, -0.1) is 10.2 Å². The molecule has 2 aromatic heterocycles. The van der Waals surface area contributed by atoms with E-state index >= 15 is 0 Å². The van der Waals surface area contributed by atoms with Crippen molar-refractivity contribution < 1.29 is 18.0 Å². The molecule has 2 aromatic carbocycles. The number of halogens is 3. The smallest absolute Gasteiger partial charge is 0.366 e. The van der Waals surface area contributed by atoms with Crippen LogP contribution in [0.25, 0.3) is 22.5 Å². The standard InChI is InChI=1S/C36H34F3N9O/c1-3-25(6-10-40)43-31-15-24(27-12-22(17-41)4-5-26(27)33-45-42-21-46(33)2)16-32(44-31)48-19-29-28(34(48)49)13-23(14-30(29)36(37,38)39)18-47-11-9-35(20-47)7-8-35/h4-5,12-16,21,25H,3,6-9,11,18-20H2,1-2H3,(H,43,44)/t25-/m1/s1. The van der Waals surface area contributed by atoms with Crippen molar-refractivity contribution in [3.05, 3.63) is 76.6 Å². The molecule has 13 heteroatoms. The number of nitrogens with one attached hydrogen (secondary N) is 1. The SMILES string of the molecule is CC[C@H](CC#N)Nc1cc(-c2cc(C#N)ccc2-c2nncn2C)cc(N2Cc3c(cc(CN4CCC5(CC5)C4)cc3C(F)(F)F)C2=O)n1. The van der Waals surface area contributed by atoms with Gasteiger partial charge in [0.15, 0.2) is 5.82 Å². The molecule has 1 amide bonds. The number of likely N-dealkylation sites (tertiary alicyclic amines) is 1. The number of fused-ring (bicyclic) bond motifs is 1. The zero-order valence-electron chi connectivity index (χ0n) is 27.2. The fourth-order valence-electron chi connectivity index (χ4n) is 7.08. The first-order chi connectivity index (χ1) is 23.5. The van der Waals surface area contributed by atoms with E-state index in [-0.39, 0.29) is 36.0 Å². The largest absolute Gasteiger partial charge is 0.416 e. The average Bonchev–Trinajstić information content (AvgIpc) is 3.33. The van der Waals surface area contributed by atoms with Crippen LogP contribution in [0.15, 0.2) is 48.8 Å². The number of amides is 1. The zero-order chi connectivity index (χ0) is 34.5. The molecule has 1 saturated heterocycles. The summed E-state index contributed by atoms with van der Waals surface area (Å²) in [5.74, 6) is 0.441. The third kappa shape index (κ3) is 6.22. The number of nitriles is 2. The lowest BCUT2D eigenvalue weighted by molar-refractivity contribution is -0.138. The molecule has 10 nitrogen and oxygen atoms in total. The summed E-state index contributed by atoms with van der Waals surface area (Å²) in [4.78, 5) is 22.3. The van der Waals surface area contributed by atoms with E-state index in [1.54, 1.807) is 54.3 Å². The Bertz CT molecular complexity index is 2040. The Hall–Kier alpha value is -5.27. The van der Waals surface area contributed by atoms with Crippen LogP contribution in [-0.2, 0) is 26.3 Å². The number of hydrogen-bond acceptors (Lipinski definition) is 8. The molecule has 4 heterocycles. The molecule has 2 aliphatic heterocycles. The van der Waals surface area contributed by atoms with Crippen LogP contribution < -0.4 is 10.2 Å². The molecule has 0 unspecified atom stereocenters. The average molecular weight is 666 g/mol. The van der Waals surface area contributed by atoms with Crippen LogP contribution in [0, 0.1) is 28.1 Å². The molecular weight excluding hydrogens is 631 g/mol. The minimum atomic E-state index is -4.66. The lowest BCUT2D eigenvalue weighted by atomic mass is 9.97. The van der Waals surface area contributed by atoms with E-state index in [1.165, 1.54) is 11.0 Å². The molecule has 1 N–H and O–H groups in total. The summed E-state index contributed by atoms with van der Waals surface area (Å²) >= 11 is 0. The molecule has 3 aliphatic rings. The van der Waals surface area contributed by atoms with Crippen LogP contribution in [0.2, 0.25) is 0 Å². The summed E-state index contributed by atoms with van der Waals surface area (Å²) in [6.07, 6.45) is 1.06. The minimum Gasteiger partial charge on any atom is -0.366 e. The summed E-state index contributed by atoms with van der Waals surface area (Å²) < 4.78 is 45.5. The molecule has 1 aliphatic carbocycles. The molecule has 4 aromatic rings. The molecule has 2 fully saturated rings. The van der Waals surface area contributed by atoms with Gasteiger partial charge in [-0.2, -0.15) is 23.7 Å². The highest BCUT2D eigenvalue weighted by atomic mass is 19.4. The highest BCUT2D eigenvalue weighted by molar-refractivity contribution is 6.10. The van der Waals surface area contributed by atoms with Crippen molar-refractivity contribution in [2.75, 3.05) is 23.3 Å². The van der Waals surface area contributed by atoms with E-state index in [0.29, 0.717) is 57.8 Å². The zero-order valence-corrected chi connectivity index (χ0v) is 27.2. The second kappa shape index (κ2) is 12.3. The first-order valence-electron chi connectivity index (χ1n) is 16.3. The van der Waals surface area contributed by atoms with Crippen molar-refractivity contribution in [1.29, 1.82) is 10.5 Å². The van der Waals surface area contributed by atoms with Crippen molar-refractivity contribution in [3.8, 4) is 34.7 Å². The van der Waals surface area contributed by atoms with E-state index in [4.69, 9.17) is 4.98 Å². The summed E-state index contributed by atoms with van der Waals surface area (Å²) in [5.41, 5.74) is 2.10. The first-order valence-corrected chi connectivity index (χ1v) is 16.3. The fourth-order valence-corrected chi connectivity index (χ4v) is 7.08. The Balaban J connectivity index is 1.32. The summed E-state index contributed by atoms with van der Waals surface area (Å²) in [5, 5.41) is 30.7. The van der Waals surface area contributed by atoms with Gasteiger partial charge in [-0.25, -0.2) is 4.98 Å². The summed E-state index contributed by atoms with van der Waals surface area (Å²) in [6, 6.07) is 15.4. The molecule has 49 heavy (non-hydrogen) atoms. The van der Waals surface area contributed by atoms with Crippen LogP contribution in [0.5, 0.6) is 0 Å².